The highest BCUT2D eigenvalue weighted by atomic mass is 32.2. The lowest BCUT2D eigenvalue weighted by atomic mass is 9.78. The third-order valence-corrected chi connectivity index (χ3v) is 9.47. The van der Waals surface area contributed by atoms with Crippen LogP contribution in [0.2, 0.25) is 0 Å². The maximum atomic E-state index is 12.8. The molecule has 2 fully saturated rings. The van der Waals surface area contributed by atoms with Crippen molar-refractivity contribution in [3.05, 3.63) is 47.3 Å². The number of piperidine rings is 1. The van der Waals surface area contributed by atoms with E-state index in [0.717, 1.165) is 6.42 Å². The summed E-state index contributed by atoms with van der Waals surface area (Å²) < 4.78 is 69.3. The number of amides is 1. The Morgan fingerprint density at radius 3 is 2.41 bits per heavy atom. The molecule has 0 aliphatic carbocycles. The number of hydrogen-bond acceptors (Lipinski definition) is 5. The van der Waals surface area contributed by atoms with E-state index in [-0.39, 0.29) is 29.1 Å². The molecule has 2 aromatic rings. The van der Waals surface area contributed by atoms with Crippen LogP contribution < -0.4 is 4.74 Å². The summed E-state index contributed by atoms with van der Waals surface area (Å²) in [5.74, 6) is -0.622. The average molecular weight is 489 g/mol. The van der Waals surface area contributed by atoms with Crippen LogP contribution in [-0.2, 0) is 21.2 Å². The van der Waals surface area contributed by atoms with Crippen LogP contribution in [0, 0.1) is 5.41 Å². The zero-order valence-corrected chi connectivity index (χ0v) is 18.8. The van der Waals surface area contributed by atoms with Gasteiger partial charge in [-0.05, 0) is 42.2 Å². The first-order valence-corrected chi connectivity index (χ1v) is 12.6. The Morgan fingerprint density at radius 1 is 1.06 bits per heavy atom. The van der Waals surface area contributed by atoms with Crippen molar-refractivity contribution in [1.29, 1.82) is 0 Å². The minimum absolute atomic E-state index is 0.154. The Kier molecular flexibility index (Phi) is 6.25. The number of likely N-dealkylation sites (tertiary alicyclic amines) is 1. The molecule has 2 saturated heterocycles. The summed E-state index contributed by atoms with van der Waals surface area (Å²) in [4.78, 5) is 14.5. The highest BCUT2D eigenvalue weighted by Crippen LogP contribution is 2.42. The lowest BCUT2D eigenvalue weighted by molar-refractivity contribution is -0.274. The summed E-state index contributed by atoms with van der Waals surface area (Å²) in [6.45, 7) is 1.79. The van der Waals surface area contributed by atoms with Crippen molar-refractivity contribution >= 4 is 27.3 Å². The number of hydrogen-bond donors (Lipinski definition) is 0. The second-order valence-corrected chi connectivity index (χ2v) is 11.3. The van der Waals surface area contributed by atoms with Crippen molar-refractivity contribution in [3.63, 3.8) is 0 Å². The van der Waals surface area contributed by atoms with Gasteiger partial charge in [0.2, 0.25) is 5.91 Å². The SMILES string of the molecule is O=C(Cc1ccccc1OC(F)(F)F)N1CCC2(CCN(S(=O)(=O)c3cccs3)CC2)C1. The lowest BCUT2D eigenvalue weighted by Gasteiger charge is -2.38. The number of thiophene rings is 1. The number of carbonyl (C=O) groups is 1. The molecular weight excluding hydrogens is 465 g/mol. The van der Waals surface area contributed by atoms with E-state index in [1.54, 1.807) is 28.5 Å². The molecule has 1 spiro atoms. The standard InChI is InChI=1S/C21H23F3N2O4S2/c22-21(23,24)30-17-5-2-1-4-16(17)14-18(27)25-10-7-20(15-25)8-11-26(12-9-20)32(28,29)19-6-3-13-31-19/h1-6,13H,7-12,14-15H2. The number of benzene rings is 1. The lowest BCUT2D eigenvalue weighted by Crippen LogP contribution is -2.44. The summed E-state index contributed by atoms with van der Waals surface area (Å²) in [6.07, 6.45) is -2.95. The largest absolute Gasteiger partial charge is 0.573 e. The number of nitrogens with zero attached hydrogens (tertiary/aromatic N) is 2. The van der Waals surface area contributed by atoms with Gasteiger partial charge >= 0.3 is 6.36 Å². The van der Waals surface area contributed by atoms with Crippen LogP contribution in [0.4, 0.5) is 13.2 Å². The highest BCUT2D eigenvalue weighted by molar-refractivity contribution is 7.91. The van der Waals surface area contributed by atoms with Gasteiger partial charge in [0.15, 0.2) is 0 Å². The zero-order valence-electron chi connectivity index (χ0n) is 17.2. The molecule has 0 atom stereocenters. The Morgan fingerprint density at radius 2 is 1.75 bits per heavy atom. The third kappa shape index (κ3) is 4.94. The van der Waals surface area contributed by atoms with Gasteiger partial charge in [-0.15, -0.1) is 24.5 Å². The van der Waals surface area contributed by atoms with Crippen LogP contribution >= 0.6 is 11.3 Å². The molecule has 1 aromatic heterocycles. The van der Waals surface area contributed by atoms with Crippen molar-refractivity contribution in [2.75, 3.05) is 26.2 Å². The molecule has 174 valence electrons. The van der Waals surface area contributed by atoms with E-state index < -0.39 is 16.4 Å². The average Bonchev–Trinajstić information content (AvgIpc) is 3.40. The predicted octanol–water partition coefficient (Wildman–Crippen LogP) is 3.89. The molecule has 0 radical (unpaired) electrons. The smallest absolute Gasteiger partial charge is 0.405 e. The molecule has 1 amide bonds. The molecule has 0 unspecified atom stereocenters. The summed E-state index contributed by atoms with van der Waals surface area (Å²) >= 11 is 1.19. The normalized spacial score (nSPS) is 19.4. The van der Waals surface area contributed by atoms with E-state index in [4.69, 9.17) is 0 Å². The first-order valence-electron chi connectivity index (χ1n) is 10.2. The van der Waals surface area contributed by atoms with Crippen LogP contribution in [0.5, 0.6) is 5.75 Å². The summed E-state index contributed by atoms with van der Waals surface area (Å²) in [7, 11) is -3.49. The molecule has 2 aliphatic heterocycles. The van der Waals surface area contributed by atoms with E-state index in [1.807, 2.05) is 0 Å². The molecule has 2 aliphatic rings. The van der Waals surface area contributed by atoms with Gasteiger partial charge < -0.3 is 9.64 Å². The molecule has 32 heavy (non-hydrogen) atoms. The van der Waals surface area contributed by atoms with E-state index >= 15 is 0 Å². The molecule has 6 nitrogen and oxygen atoms in total. The van der Waals surface area contributed by atoms with Crippen molar-refractivity contribution in [2.45, 2.75) is 36.3 Å². The van der Waals surface area contributed by atoms with Gasteiger partial charge in [-0.3, -0.25) is 4.79 Å². The Bertz CT molecular complexity index is 1060. The van der Waals surface area contributed by atoms with Crippen LogP contribution in [0.25, 0.3) is 0 Å². The van der Waals surface area contributed by atoms with E-state index in [9.17, 15) is 26.4 Å². The maximum Gasteiger partial charge on any atom is 0.573 e. The molecule has 0 saturated carbocycles. The van der Waals surface area contributed by atoms with Gasteiger partial charge in [0, 0.05) is 31.7 Å². The van der Waals surface area contributed by atoms with Crippen LogP contribution in [0.15, 0.2) is 46.0 Å². The van der Waals surface area contributed by atoms with Crippen LogP contribution in [-0.4, -0.2) is 56.1 Å². The Hall–Kier alpha value is -2.11. The van der Waals surface area contributed by atoms with E-state index in [2.05, 4.69) is 4.74 Å². The van der Waals surface area contributed by atoms with Gasteiger partial charge in [-0.2, -0.15) is 4.31 Å². The fraction of sp³-hybridized carbons (Fsp3) is 0.476. The summed E-state index contributed by atoms with van der Waals surface area (Å²) in [5, 5.41) is 1.73. The summed E-state index contributed by atoms with van der Waals surface area (Å²) in [5.41, 5.74) is 0.0340. The quantitative estimate of drug-likeness (QED) is 0.641. The van der Waals surface area contributed by atoms with Crippen LogP contribution in [0.3, 0.4) is 0 Å². The Labute approximate surface area is 188 Å². The Balaban J connectivity index is 1.37. The minimum Gasteiger partial charge on any atom is -0.405 e. The first-order chi connectivity index (χ1) is 15.1. The molecule has 11 heteroatoms. The van der Waals surface area contributed by atoms with Gasteiger partial charge in [-0.25, -0.2) is 8.42 Å². The second kappa shape index (κ2) is 8.68. The van der Waals surface area contributed by atoms with Crippen LogP contribution in [0.1, 0.15) is 24.8 Å². The number of sulfonamides is 1. The molecular formula is C21H23F3N2O4S2. The van der Waals surface area contributed by atoms with Crippen molar-refractivity contribution in [2.24, 2.45) is 5.41 Å². The topological polar surface area (TPSA) is 66.9 Å². The minimum atomic E-state index is -4.83. The number of ether oxygens (including phenoxy) is 1. The predicted molar refractivity (Wildman–Crippen MR) is 113 cm³/mol. The van der Waals surface area contributed by atoms with Gasteiger partial charge in [0.25, 0.3) is 10.0 Å². The van der Waals surface area contributed by atoms with Crippen molar-refractivity contribution < 1.29 is 31.1 Å². The van der Waals surface area contributed by atoms with Crippen molar-refractivity contribution in [3.8, 4) is 5.75 Å². The van der Waals surface area contributed by atoms with Gasteiger partial charge in [0.1, 0.15) is 9.96 Å². The van der Waals surface area contributed by atoms with E-state index in [0.29, 0.717) is 43.2 Å². The molecule has 4 rings (SSSR count). The second-order valence-electron chi connectivity index (χ2n) is 8.23. The number of rotatable bonds is 5. The fourth-order valence-electron chi connectivity index (χ4n) is 4.44. The van der Waals surface area contributed by atoms with E-state index in [1.165, 1.54) is 33.8 Å². The number of alkyl halides is 3. The number of carbonyl (C=O) groups excluding carboxylic acids is 1. The van der Waals surface area contributed by atoms with Gasteiger partial charge in [-0.1, -0.05) is 24.3 Å². The number of halogens is 3. The fourth-order valence-corrected chi connectivity index (χ4v) is 7.03. The molecule has 0 bridgehead atoms. The number of para-hydroxylation sites is 1. The van der Waals surface area contributed by atoms with Crippen molar-refractivity contribution in [1.82, 2.24) is 9.21 Å². The third-order valence-electron chi connectivity index (χ3n) is 6.20. The molecule has 3 heterocycles. The summed E-state index contributed by atoms with van der Waals surface area (Å²) in [6, 6.07) is 8.96. The molecule has 0 N–H and O–H groups in total. The van der Waals surface area contributed by atoms with Gasteiger partial charge in [0.05, 0.1) is 6.42 Å². The maximum absolute atomic E-state index is 12.8. The molecule has 1 aromatic carbocycles. The first kappa shape index (κ1) is 23.1. The monoisotopic (exact) mass is 488 g/mol. The highest BCUT2D eigenvalue weighted by Gasteiger charge is 2.44. The zero-order chi connectivity index (χ0) is 23.0.